The summed E-state index contributed by atoms with van der Waals surface area (Å²) < 4.78 is 7.31. The molecule has 2 atom stereocenters. The number of hydrogen-bond acceptors (Lipinski definition) is 7. The van der Waals surface area contributed by atoms with Gasteiger partial charge in [0, 0.05) is 23.5 Å². The summed E-state index contributed by atoms with van der Waals surface area (Å²) in [4.78, 5) is 16.0. The lowest BCUT2D eigenvalue weighted by Gasteiger charge is -2.25. The van der Waals surface area contributed by atoms with Crippen molar-refractivity contribution in [1.29, 1.82) is 5.26 Å². The number of para-hydroxylation sites is 1. The van der Waals surface area contributed by atoms with E-state index in [0.717, 1.165) is 16.5 Å². The van der Waals surface area contributed by atoms with Crippen LogP contribution in [-0.4, -0.2) is 49.3 Å². The molecule has 0 aliphatic carbocycles. The van der Waals surface area contributed by atoms with Gasteiger partial charge in [-0.05, 0) is 49.8 Å². The molecule has 10 nitrogen and oxygen atoms in total. The second-order valence-electron chi connectivity index (χ2n) is 8.69. The fraction of sp³-hybridized carbons (Fsp3) is 0.500. The van der Waals surface area contributed by atoms with E-state index < -0.39 is 11.6 Å². The number of nitriles is 1. The molecule has 0 saturated carbocycles. The van der Waals surface area contributed by atoms with Crippen LogP contribution in [0.3, 0.4) is 0 Å². The van der Waals surface area contributed by atoms with Crippen LogP contribution in [0.1, 0.15) is 57.6 Å². The number of benzene rings is 1. The maximum absolute atomic E-state index is 12.8. The van der Waals surface area contributed by atoms with Crippen molar-refractivity contribution in [3.8, 4) is 6.07 Å². The Bertz CT molecular complexity index is 1090. The van der Waals surface area contributed by atoms with Crippen molar-refractivity contribution in [2.45, 2.75) is 64.3 Å². The zero-order valence-electron chi connectivity index (χ0n) is 18.9. The minimum Gasteiger partial charge on any atom is -0.377 e. The Morgan fingerprint density at radius 2 is 2.12 bits per heavy atom. The second-order valence-corrected chi connectivity index (χ2v) is 8.69. The Kier molecular flexibility index (Phi) is 7.22. The summed E-state index contributed by atoms with van der Waals surface area (Å²) in [7, 11) is 0. The molecular formula is C22H30N8O2. The number of nitrogens with one attached hydrogen (secondary N) is 2. The molecule has 3 rings (SSSR count). The molecule has 4 N–H and O–H groups in total. The highest BCUT2D eigenvalue weighted by atomic mass is 16.5. The molecule has 170 valence electrons. The highest BCUT2D eigenvalue weighted by molar-refractivity contribution is 5.86. The molecule has 1 aromatic carbocycles. The van der Waals surface area contributed by atoms with Crippen molar-refractivity contribution in [3.05, 3.63) is 41.9 Å². The number of rotatable bonds is 10. The molecule has 32 heavy (non-hydrogen) atoms. The number of fused-ring (bicyclic) bond motifs is 1. The van der Waals surface area contributed by atoms with Crippen molar-refractivity contribution < 1.29 is 9.53 Å². The van der Waals surface area contributed by atoms with Crippen molar-refractivity contribution >= 4 is 16.8 Å². The number of amides is 1. The third-order valence-corrected chi connectivity index (χ3v) is 5.11. The topological polar surface area (TPSA) is 148 Å². The number of nitrogens with zero attached hydrogens (tertiary/aromatic N) is 5. The van der Waals surface area contributed by atoms with Crippen molar-refractivity contribution in [2.75, 3.05) is 6.61 Å². The number of aromatic nitrogens is 5. The first-order valence-electron chi connectivity index (χ1n) is 10.6. The fourth-order valence-corrected chi connectivity index (χ4v) is 3.39. The molecule has 2 aromatic heterocycles. The number of hydrogen-bond donors (Lipinski definition) is 3. The summed E-state index contributed by atoms with van der Waals surface area (Å²) in [6.45, 7) is 7.41. The number of carbonyl (C=O) groups excluding carboxylic acids is 1. The molecule has 1 unspecified atom stereocenters. The largest absolute Gasteiger partial charge is 0.377 e. The van der Waals surface area contributed by atoms with Gasteiger partial charge >= 0.3 is 0 Å². The van der Waals surface area contributed by atoms with Crippen LogP contribution in [0.15, 0.2) is 30.5 Å². The fourth-order valence-electron chi connectivity index (χ4n) is 3.39. The second kappa shape index (κ2) is 9.89. The number of H-pyrrole nitrogens is 1. The van der Waals surface area contributed by atoms with Crippen molar-refractivity contribution in [3.63, 3.8) is 0 Å². The maximum atomic E-state index is 12.8. The molecule has 0 fully saturated rings. The average Bonchev–Trinajstić information content (AvgIpc) is 3.37. The van der Waals surface area contributed by atoms with E-state index in [1.54, 1.807) is 18.5 Å². The summed E-state index contributed by atoms with van der Waals surface area (Å²) in [6, 6.07) is 9.16. The molecule has 10 heteroatoms. The minimum atomic E-state index is -1.08. The molecule has 3 aromatic rings. The molecule has 0 spiro atoms. The van der Waals surface area contributed by atoms with Gasteiger partial charge in [-0.2, -0.15) is 5.26 Å². The van der Waals surface area contributed by atoms with Crippen LogP contribution < -0.4 is 11.1 Å². The van der Waals surface area contributed by atoms with Gasteiger partial charge in [0.05, 0.1) is 42.8 Å². The summed E-state index contributed by atoms with van der Waals surface area (Å²) in [5, 5.41) is 25.6. The molecule has 0 saturated heterocycles. The van der Waals surface area contributed by atoms with Crippen LogP contribution in [0.5, 0.6) is 0 Å². The van der Waals surface area contributed by atoms with Crippen molar-refractivity contribution in [1.82, 2.24) is 30.5 Å². The first-order chi connectivity index (χ1) is 15.2. The molecule has 1 amide bonds. The summed E-state index contributed by atoms with van der Waals surface area (Å²) >= 11 is 0. The molecular weight excluding hydrogens is 408 g/mol. The van der Waals surface area contributed by atoms with E-state index >= 15 is 0 Å². The third kappa shape index (κ3) is 5.49. The molecule has 2 heterocycles. The lowest BCUT2D eigenvalue weighted by atomic mass is 10.0. The van der Waals surface area contributed by atoms with E-state index in [1.807, 2.05) is 44.3 Å². The van der Waals surface area contributed by atoms with Gasteiger partial charge in [0.2, 0.25) is 5.91 Å². The number of ether oxygens (including phenoxy) is 1. The van der Waals surface area contributed by atoms with E-state index in [1.165, 1.54) is 0 Å². The van der Waals surface area contributed by atoms with Crippen LogP contribution in [-0.2, 0) is 16.0 Å². The van der Waals surface area contributed by atoms with Gasteiger partial charge in [0.25, 0.3) is 0 Å². The Morgan fingerprint density at radius 3 is 2.81 bits per heavy atom. The van der Waals surface area contributed by atoms with Crippen LogP contribution >= 0.6 is 0 Å². The predicted molar refractivity (Wildman–Crippen MR) is 119 cm³/mol. The number of carbonyl (C=O) groups is 1. The van der Waals surface area contributed by atoms with E-state index in [-0.39, 0.29) is 31.1 Å². The van der Waals surface area contributed by atoms with E-state index in [0.29, 0.717) is 12.2 Å². The standard InChI is InChI=1S/C22H30N8O2/c1-14(2)32-13-16(9-10-23)30-20(27-28-29-30)19(26-21(31)22(3,4)24)11-15-12-25-18-8-6-5-7-17(15)18/h5-8,12,14,16,19,25H,9,11,13,24H2,1-4H3,(H,26,31)/t16?,19-/m1/s1. The van der Waals surface area contributed by atoms with Gasteiger partial charge in [0.15, 0.2) is 5.82 Å². The predicted octanol–water partition coefficient (Wildman–Crippen LogP) is 2.17. The molecule has 0 aliphatic heterocycles. The van der Waals surface area contributed by atoms with Crippen LogP contribution in [0, 0.1) is 11.3 Å². The quantitative estimate of drug-likeness (QED) is 0.439. The minimum absolute atomic E-state index is 0.00381. The van der Waals surface area contributed by atoms with Gasteiger partial charge < -0.3 is 20.8 Å². The smallest absolute Gasteiger partial charge is 0.240 e. The summed E-state index contributed by atoms with van der Waals surface area (Å²) in [5.41, 5.74) is 6.96. The lowest BCUT2D eigenvalue weighted by molar-refractivity contribution is -0.126. The maximum Gasteiger partial charge on any atom is 0.240 e. The number of aromatic amines is 1. The van der Waals surface area contributed by atoms with Crippen LogP contribution in [0.25, 0.3) is 10.9 Å². The number of nitrogens with two attached hydrogens (primary N) is 1. The average molecular weight is 439 g/mol. The van der Waals surface area contributed by atoms with Crippen molar-refractivity contribution in [2.24, 2.45) is 5.73 Å². The molecule has 0 bridgehead atoms. The Morgan fingerprint density at radius 1 is 1.38 bits per heavy atom. The third-order valence-electron chi connectivity index (χ3n) is 5.11. The highest BCUT2D eigenvalue weighted by Crippen LogP contribution is 2.26. The summed E-state index contributed by atoms with van der Waals surface area (Å²) in [5.74, 6) is 0.118. The van der Waals surface area contributed by atoms with E-state index in [9.17, 15) is 10.1 Å². The van der Waals surface area contributed by atoms with Gasteiger partial charge in [-0.1, -0.05) is 18.2 Å². The zero-order valence-corrected chi connectivity index (χ0v) is 18.9. The zero-order chi connectivity index (χ0) is 23.3. The molecule has 0 aliphatic rings. The first-order valence-corrected chi connectivity index (χ1v) is 10.6. The highest BCUT2D eigenvalue weighted by Gasteiger charge is 2.30. The van der Waals surface area contributed by atoms with Gasteiger partial charge in [-0.15, -0.1) is 5.10 Å². The van der Waals surface area contributed by atoms with Gasteiger partial charge in [-0.25, -0.2) is 4.68 Å². The first kappa shape index (κ1) is 23.4. The van der Waals surface area contributed by atoms with E-state index in [4.69, 9.17) is 10.5 Å². The van der Waals surface area contributed by atoms with Gasteiger partial charge in [0.1, 0.15) is 0 Å². The van der Waals surface area contributed by atoms with Crippen LogP contribution in [0.4, 0.5) is 0 Å². The SMILES string of the molecule is CC(C)OCC(CC#N)n1nnnc1[C@@H](Cc1c[nH]c2ccccc12)NC(=O)C(C)(C)N. The van der Waals surface area contributed by atoms with Crippen LogP contribution in [0.2, 0.25) is 0 Å². The lowest BCUT2D eigenvalue weighted by Crippen LogP contribution is -2.50. The normalized spacial score (nSPS) is 13.8. The van der Waals surface area contributed by atoms with E-state index in [2.05, 4.69) is 31.9 Å². The Balaban J connectivity index is 1.97. The monoisotopic (exact) mass is 438 g/mol. The number of tetrazole rings is 1. The Hall–Kier alpha value is -3.29. The summed E-state index contributed by atoms with van der Waals surface area (Å²) in [6.07, 6.45) is 2.52. The Labute approximate surface area is 187 Å². The molecule has 0 radical (unpaired) electrons. The van der Waals surface area contributed by atoms with Gasteiger partial charge in [-0.3, -0.25) is 4.79 Å².